The van der Waals surface area contributed by atoms with E-state index in [2.05, 4.69) is 4.74 Å². The van der Waals surface area contributed by atoms with Gasteiger partial charge in [0.05, 0.1) is 5.37 Å². The molecule has 8 heavy (non-hydrogen) atoms. The highest BCUT2D eigenvalue weighted by Gasteiger charge is 1.73. The summed E-state index contributed by atoms with van der Waals surface area (Å²) in [6.45, 7) is 0.00295. The first kappa shape index (κ1) is 7.16. The summed E-state index contributed by atoms with van der Waals surface area (Å²) in [6.07, 6.45) is 0. The molecule has 46 valence electrons. The molecule has 0 heterocycles. The largest absolute Gasteiger partial charge is 0.463 e. The molecule has 0 N–H and O–H groups in total. The Morgan fingerprint density at radius 3 is 2.50 bits per heavy atom. The summed E-state index contributed by atoms with van der Waals surface area (Å²) in [5, 5.41) is 0.842. The zero-order valence-corrected chi connectivity index (χ0v) is 4.72. The average Bonchev–Trinajstić information content (AvgIpc) is 1.66. The van der Waals surface area contributed by atoms with Gasteiger partial charge in [-0.15, -0.1) is 0 Å². The minimum Gasteiger partial charge on any atom is -0.463 e. The standard InChI is InChI=1S/C3H4O4S/c4-3-7-1-2-8(5)6/h2-3H,1H2. The Balaban J connectivity index is 3.46. The van der Waals surface area contributed by atoms with Crippen molar-refractivity contribution in [2.75, 3.05) is 6.61 Å². The number of hydrogen-bond acceptors (Lipinski definition) is 4. The van der Waals surface area contributed by atoms with Gasteiger partial charge in [-0.05, 0) is 0 Å². The maximum Gasteiger partial charge on any atom is 0.293 e. The summed E-state index contributed by atoms with van der Waals surface area (Å²) in [6, 6.07) is 0. The van der Waals surface area contributed by atoms with Gasteiger partial charge in [-0.25, -0.2) is 0 Å². The Morgan fingerprint density at radius 2 is 2.12 bits per heavy atom. The Morgan fingerprint density at radius 1 is 1.50 bits per heavy atom. The first-order valence-electron chi connectivity index (χ1n) is 1.74. The first-order chi connectivity index (χ1) is 3.77. The van der Waals surface area contributed by atoms with E-state index in [9.17, 15) is 13.2 Å². The van der Waals surface area contributed by atoms with Crippen molar-refractivity contribution in [1.82, 2.24) is 0 Å². The normalized spacial score (nSPS) is 7.50. The van der Waals surface area contributed by atoms with Crippen LogP contribution in [0.2, 0.25) is 0 Å². The Labute approximate surface area is 47.6 Å². The summed E-state index contributed by atoms with van der Waals surface area (Å²) in [4.78, 5) is 9.34. The molecule has 0 aliphatic rings. The summed E-state index contributed by atoms with van der Waals surface area (Å²) in [7, 11) is -2.23. The molecule has 4 nitrogen and oxygen atoms in total. The summed E-state index contributed by atoms with van der Waals surface area (Å²) < 4.78 is 23.3. The van der Waals surface area contributed by atoms with Crippen LogP contribution < -0.4 is 0 Å². The number of hydrogen-bond donors (Lipinski definition) is 0. The van der Waals surface area contributed by atoms with Gasteiger partial charge < -0.3 is 4.74 Å². The van der Waals surface area contributed by atoms with Crippen molar-refractivity contribution in [2.24, 2.45) is 0 Å². The van der Waals surface area contributed by atoms with Crippen LogP contribution in [-0.2, 0) is 19.8 Å². The second-order valence-corrected chi connectivity index (χ2v) is 1.71. The SMILES string of the molecule is O=COCC=S(=O)=O. The number of carbonyl (C=O) groups excluding carboxylic acids is 1. The molecule has 0 fully saturated rings. The number of carbonyl (C=O) groups is 1. The lowest BCUT2D eigenvalue weighted by molar-refractivity contribution is -0.127. The van der Waals surface area contributed by atoms with Crippen LogP contribution in [0.5, 0.6) is 0 Å². The second-order valence-electron chi connectivity index (χ2n) is 0.857. The van der Waals surface area contributed by atoms with Gasteiger partial charge in [0.15, 0.2) is 0 Å². The molecule has 0 radical (unpaired) electrons. The van der Waals surface area contributed by atoms with Gasteiger partial charge in [-0.3, -0.25) is 4.79 Å². The van der Waals surface area contributed by atoms with Crippen molar-refractivity contribution in [1.29, 1.82) is 0 Å². The molecule has 0 aromatic rings. The van der Waals surface area contributed by atoms with Crippen LogP contribution in [0.4, 0.5) is 0 Å². The highest BCUT2D eigenvalue weighted by molar-refractivity contribution is 7.71. The van der Waals surface area contributed by atoms with Gasteiger partial charge in [0, 0.05) is 0 Å². The summed E-state index contributed by atoms with van der Waals surface area (Å²) in [5.74, 6) is 0. The van der Waals surface area contributed by atoms with E-state index in [0.717, 1.165) is 5.37 Å². The lowest BCUT2D eigenvalue weighted by Crippen LogP contribution is -1.91. The Bertz CT molecular complexity index is 169. The molecule has 0 saturated carbocycles. The molecule has 0 aromatic carbocycles. The first-order valence-corrected chi connectivity index (χ1v) is 2.88. The lowest BCUT2D eigenvalue weighted by Gasteiger charge is -1.81. The quantitative estimate of drug-likeness (QED) is 0.279. The molecule has 5 heteroatoms. The molecule has 0 aromatic heterocycles. The van der Waals surface area contributed by atoms with Crippen LogP contribution in [0.3, 0.4) is 0 Å². The van der Waals surface area contributed by atoms with E-state index in [4.69, 9.17) is 0 Å². The predicted molar refractivity (Wildman–Crippen MR) is 27.0 cm³/mol. The second kappa shape index (κ2) is 4.32. The molecule has 0 unspecified atom stereocenters. The summed E-state index contributed by atoms with van der Waals surface area (Å²) >= 11 is 0. The molecule has 0 bridgehead atoms. The fourth-order valence-electron chi connectivity index (χ4n) is 0.134. The smallest absolute Gasteiger partial charge is 0.293 e. The van der Waals surface area contributed by atoms with Crippen molar-refractivity contribution in [3.05, 3.63) is 0 Å². The number of ether oxygens (including phenoxy) is 1. The van der Waals surface area contributed by atoms with E-state index in [1.165, 1.54) is 0 Å². The van der Waals surface area contributed by atoms with E-state index in [1.807, 2.05) is 0 Å². The van der Waals surface area contributed by atoms with E-state index in [-0.39, 0.29) is 13.1 Å². The molecular weight excluding hydrogens is 132 g/mol. The highest BCUT2D eigenvalue weighted by Crippen LogP contribution is 1.56. The molecular formula is C3H4O4S. The van der Waals surface area contributed by atoms with Crippen LogP contribution in [0.25, 0.3) is 0 Å². The zero-order valence-electron chi connectivity index (χ0n) is 3.90. The maximum absolute atomic E-state index is 9.62. The third-order valence-corrected chi connectivity index (χ3v) is 0.777. The van der Waals surface area contributed by atoms with E-state index >= 15 is 0 Å². The van der Waals surface area contributed by atoms with Gasteiger partial charge in [0.25, 0.3) is 6.47 Å². The van der Waals surface area contributed by atoms with Crippen LogP contribution in [0.15, 0.2) is 0 Å². The lowest BCUT2D eigenvalue weighted by atomic mass is 10.9. The predicted octanol–water partition coefficient (Wildman–Crippen LogP) is -1.16. The van der Waals surface area contributed by atoms with Gasteiger partial charge in [0.2, 0.25) is 10.3 Å². The Hall–Kier alpha value is -0.840. The summed E-state index contributed by atoms with van der Waals surface area (Å²) in [5.41, 5.74) is 0. The van der Waals surface area contributed by atoms with Crippen LogP contribution in [-0.4, -0.2) is 26.9 Å². The third-order valence-electron chi connectivity index (χ3n) is 0.368. The fourth-order valence-corrected chi connectivity index (χ4v) is 0.324. The minimum absolute atomic E-state index is 0.181. The van der Waals surface area contributed by atoms with Gasteiger partial charge in [-0.2, -0.15) is 8.42 Å². The molecule has 0 aliphatic carbocycles. The maximum atomic E-state index is 9.62. The van der Waals surface area contributed by atoms with Crippen molar-refractivity contribution in [3.63, 3.8) is 0 Å². The average molecular weight is 136 g/mol. The topological polar surface area (TPSA) is 60.4 Å². The third kappa shape index (κ3) is 5.16. The number of rotatable bonds is 3. The molecule has 0 rings (SSSR count). The molecule has 0 aliphatic heterocycles. The van der Waals surface area contributed by atoms with Crippen LogP contribution in [0.1, 0.15) is 0 Å². The van der Waals surface area contributed by atoms with Crippen molar-refractivity contribution in [3.8, 4) is 0 Å². The highest BCUT2D eigenvalue weighted by atomic mass is 32.2. The van der Waals surface area contributed by atoms with E-state index < -0.39 is 10.3 Å². The van der Waals surface area contributed by atoms with Crippen LogP contribution >= 0.6 is 0 Å². The monoisotopic (exact) mass is 136 g/mol. The van der Waals surface area contributed by atoms with E-state index in [0.29, 0.717) is 0 Å². The zero-order chi connectivity index (χ0) is 6.41. The van der Waals surface area contributed by atoms with Crippen molar-refractivity contribution in [2.45, 2.75) is 0 Å². The van der Waals surface area contributed by atoms with Crippen molar-refractivity contribution < 1.29 is 17.9 Å². The van der Waals surface area contributed by atoms with Crippen LogP contribution in [0, 0.1) is 0 Å². The van der Waals surface area contributed by atoms with Gasteiger partial charge in [0.1, 0.15) is 6.61 Å². The van der Waals surface area contributed by atoms with Gasteiger partial charge >= 0.3 is 0 Å². The molecule has 0 amide bonds. The molecule has 0 spiro atoms. The van der Waals surface area contributed by atoms with Crippen molar-refractivity contribution >= 4 is 22.1 Å². The Kier molecular flexibility index (Phi) is 3.87. The van der Waals surface area contributed by atoms with E-state index in [1.54, 1.807) is 0 Å². The fraction of sp³-hybridized carbons (Fsp3) is 0.333. The molecule has 0 atom stereocenters. The van der Waals surface area contributed by atoms with Gasteiger partial charge in [-0.1, -0.05) is 0 Å². The molecule has 0 saturated heterocycles. The minimum atomic E-state index is -2.23.